The number of pyridine rings is 1. The standard InChI is InChI=1S/C13H20N2O/c1-13(2,3)11-8-12(10-14-9-11)15-4-6-16-7-5-15/h8-10H,4-7H2,1-3H3. The van der Waals surface area contributed by atoms with E-state index in [4.69, 9.17) is 4.74 Å². The van der Waals surface area contributed by atoms with Gasteiger partial charge in [0.05, 0.1) is 25.1 Å². The summed E-state index contributed by atoms with van der Waals surface area (Å²) in [6.07, 6.45) is 3.91. The molecule has 0 saturated carbocycles. The monoisotopic (exact) mass is 220 g/mol. The van der Waals surface area contributed by atoms with Crippen molar-refractivity contribution in [2.24, 2.45) is 0 Å². The van der Waals surface area contributed by atoms with Crippen molar-refractivity contribution in [1.29, 1.82) is 0 Å². The fraction of sp³-hybridized carbons (Fsp3) is 0.615. The molecule has 0 aromatic carbocycles. The third kappa shape index (κ3) is 2.53. The maximum atomic E-state index is 5.36. The van der Waals surface area contributed by atoms with Gasteiger partial charge in [0.2, 0.25) is 0 Å². The van der Waals surface area contributed by atoms with Crippen LogP contribution in [0.25, 0.3) is 0 Å². The average Bonchev–Trinajstić information content (AvgIpc) is 2.29. The topological polar surface area (TPSA) is 25.4 Å². The second-order valence-electron chi connectivity index (χ2n) is 5.28. The van der Waals surface area contributed by atoms with Crippen LogP contribution >= 0.6 is 0 Å². The normalized spacial score (nSPS) is 17.6. The minimum Gasteiger partial charge on any atom is -0.378 e. The Hall–Kier alpha value is -1.09. The molecule has 2 rings (SSSR count). The predicted molar refractivity (Wildman–Crippen MR) is 66.0 cm³/mol. The third-order valence-corrected chi connectivity index (χ3v) is 2.97. The molecule has 0 radical (unpaired) electrons. The summed E-state index contributed by atoms with van der Waals surface area (Å²) in [7, 11) is 0. The van der Waals surface area contributed by atoms with Gasteiger partial charge in [-0.05, 0) is 17.0 Å². The van der Waals surface area contributed by atoms with Crippen LogP contribution in [0.3, 0.4) is 0 Å². The lowest BCUT2D eigenvalue weighted by Gasteiger charge is -2.29. The van der Waals surface area contributed by atoms with E-state index in [0.717, 1.165) is 26.3 Å². The molecule has 3 heteroatoms. The quantitative estimate of drug-likeness (QED) is 0.725. The van der Waals surface area contributed by atoms with Crippen LogP contribution in [0, 0.1) is 0 Å². The summed E-state index contributed by atoms with van der Waals surface area (Å²) in [6.45, 7) is 10.2. The summed E-state index contributed by atoms with van der Waals surface area (Å²) in [6, 6.07) is 2.25. The van der Waals surface area contributed by atoms with E-state index in [9.17, 15) is 0 Å². The van der Waals surface area contributed by atoms with Gasteiger partial charge in [0, 0.05) is 19.3 Å². The van der Waals surface area contributed by atoms with Crippen molar-refractivity contribution >= 4 is 5.69 Å². The first-order valence-corrected chi connectivity index (χ1v) is 5.85. The molecule has 0 spiro atoms. The van der Waals surface area contributed by atoms with Gasteiger partial charge in [-0.15, -0.1) is 0 Å². The van der Waals surface area contributed by atoms with Crippen LogP contribution in [0.5, 0.6) is 0 Å². The van der Waals surface area contributed by atoms with Crippen molar-refractivity contribution in [3.63, 3.8) is 0 Å². The van der Waals surface area contributed by atoms with Crippen LogP contribution in [-0.2, 0) is 10.2 Å². The molecular formula is C13H20N2O. The van der Waals surface area contributed by atoms with Gasteiger partial charge in [0.25, 0.3) is 0 Å². The van der Waals surface area contributed by atoms with Gasteiger partial charge in [-0.1, -0.05) is 20.8 Å². The number of aromatic nitrogens is 1. The van der Waals surface area contributed by atoms with Crippen LogP contribution in [0.15, 0.2) is 18.5 Å². The molecular weight excluding hydrogens is 200 g/mol. The van der Waals surface area contributed by atoms with Gasteiger partial charge in [-0.2, -0.15) is 0 Å². The van der Waals surface area contributed by atoms with Gasteiger partial charge < -0.3 is 9.64 Å². The molecule has 2 heterocycles. The Morgan fingerprint density at radius 2 is 1.88 bits per heavy atom. The molecule has 1 aromatic rings. The SMILES string of the molecule is CC(C)(C)c1cncc(N2CCOCC2)c1. The number of anilines is 1. The van der Waals surface area contributed by atoms with E-state index >= 15 is 0 Å². The van der Waals surface area contributed by atoms with Crippen LogP contribution in [0.2, 0.25) is 0 Å². The molecule has 1 aliphatic heterocycles. The molecule has 0 bridgehead atoms. The van der Waals surface area contributed by atoms with Crippen LogP contribution in [-0.4, -0.2) is 31.3 Å². The number of hydrogen-bond acceptors (Lipinski definition) is 3. The van der Waals surface area contributed by atoms with E-state index in [0.29, 0.717) is 0 Å². The Balaban J connectivity index is 2.21. The van der Waals surface area contributed by atoms with Gasteiger partial charge in [-0.3, -0.25) is 4.98 Å². The Kier molecular flexibility index (Phi) is 3.15. The van der Waals surface area contributed by atoms with Gasteiger partial charge >= 0.3 is 0 Å². The van der Waals surface area contributed by atoms with E-state index < -0.39 is 0 Å². The number of morpholine rings is 1. The highest BCUT2D eigenvalue weighted by Gasteiger charge is 2.17. The van der Waals surface area contributed by atoms with E-state index in [1.807, 2.05) is 12.4 Å². The molecule has 0 N–H and O–H groups in total. The maximum Gasteiger partial charge on any atom is 0.0642 e. The fourth-order valence-corrected chi connectivity index (χ4v) is 1.83. The van der Waals surface area contributed by atoms with Crippen molar-refractivity contribution in [1.82, 2.24) is 4.98 Å². The summed E-state index contributed by atoms with van der Waals surface area (Å²) >= 11 is 0. The number of nitrogens with zero attached hydrogens (tertiary/aromatic N) is 2. The van der Waals surface area contributed by atoms with E-state index in [1.165, 1.54) is 11.3 Å². The smallest absolute Gasteiger partial charge is 0.0642 e. The summed E-state index contributed by atoms with van der Waals surface area (Å²) in [5, 5.41) is 0. The molecule has 0 atom stereocenters. The molecule has 1 aromatic heterocycles. The molecule has 3 nitrogen and oxygen atoms in total. The minimum atomic E-state index is 0.162. The Bertz CT molecular complexity index is 351. The van der Waals surface area contributed by atoms with Crippen molar-refractivity contribution in [3.05, 3.63) is 24.0 Å². The average molecular weight is 220 g/mol. The van der Waals surface area contributed by atoms with Crippen molar-refractivity contribution in [3.8, 4) is 0 Å². The largest absolute Gasteiger partial charge is 0.378 e. The highest BCUT2D eigenvalue weighted by molar-refractivity contribution is 5.47. The molecule has 0 unspecified atom stereocenters. The lowest BCUT2D eigenvalue weighted by molar-refractivity contribution is 0.122. The second kappa shape index (κ2) is 4.42. The first-order valence-electron chi connectivity index (χ1n) is 5.85. The zero-order chi connectivity index (χ0) is 11.6. The minimum absolute atomic E-state index is 0.162. The number of ether oxygens (including phenoxy) is 1. The Morgan fingerprint density at radius 3 is 2.50 bits per heavy atom. The molecule has 0 aliphatic carbocycles. The fourth-order valence-electron chi connectivity index (χ4n) is 1.83. The third-order valence-electron chi connectivity index (χ3n) is 2.97. The summed E-state index contributed by atoms with van der Waals surface area (Å²) < 4.78 is 5.36. The predicted octanol–water partition coefficient (Wildman–Crippen LogP) is 2.22. The van der Waals surface area contributed by atoms with Gasteiger partial charge in [-0.25, -0.2) is 0 Å². The highest BCUT2D eigenvalue weighted by Crippen LogP contribution is 2.25. The molecule has 1 aliphatic rings. The van der Waals surface area contributed by atoms with Crippen LogP contribution in [0.1, 0.15) is 26.3 Å². The molecule has 88 valence electrons. The Morgan fingerprint density at radius 1 is 1.19 bits per heavy atom. The molecule has 1 fully saturated rings. The highest BCUT2D eigenvalue weighted by atomic mass is 16.5. The molecule has 0 amide bonds. The summed E-state index contributed by atoms with van der Waals surface area (Å²) in [5.74, 6) is 0. The first kappa shape index (κ1) is 11.4. The van der Waals surface area contributed by atoms with Crippen molar-refractivity contribution in [2.45, 2.75) is 26.2 Å². The zero-order valence-corrected chi connectivity index (χ0v) is 10.4. The lowest BCUT2D eigenvalue weighted by Crippen LogP contribution is -2.36. The summed E-state index contributed by atoms with van der Waals surface area (Å²) in [4.78, 5) is 6.68. The second-order valence-corrected chi connectivity index (χ2v) is 5.28. The van der Waals surface area contributed by atoms with Crippen molar-refractivity contribution in [2.75, 3.05) is 31.2 Å². The van der Waals surface area contributed by atoms with Gasteiger partial charge in [0.1, 0.15) is 0 Å². The number of rotatable bonds is 1. The van der Waals surface area contributed by atoms with Crippen LogP contribution in [0.4, 0.5) is 5.69 Å². The van der Waals surface area contributed by atoms with Gasteiger partial charge in [0.15, 0.2) is 0 Å². The van der Waals surface area contributed by atoms with Crippen molar-refractivity contribution < 1.29 is 4.74 Å². The van der Waals surface area contributed by atoms with E-state index in [2.05, 4.69) is 36.7 Å². The van der Waals surface area contributed by atoms with E-state index in [1.54, 1.807) is 0 Å². The molecule has 1 saturated heterocycles. The zero-order valence-electron chi connectivity index (χ0n) is 10.4. The lowest BCUT2D eigenvalue weighted by atomic mass is 9.88. The Labute approximate surface area is 97.4 Å². The summed E-state index contributed by atoms with van der Waals surface area (Å²) in [5.41, 5.74) is 2.67. The van der Waals surface area contributed by atoms with Crippen LogP contribution < -0.4 is 4.90 Å². The first-order chi connectivity index (χ1) is 7.57. The molecule has 16 heavy (non-hydrogen) atoms. The van der Waals surface area contributed by atoms with E-state index in [-0.39, 0.29) is 5.41 Å². The maximum absolute atomic E-state index is 5.36. The number of hydrogen-bond donors (Lipinski definition) is 0.